The highest BCUT2D eigenvalue weighted by Crippen LogP contribution is 2.30. The van der Waals surface area contributed by atoms with Crippen molar-refractivity contribution >= 4 is 17.1 Å². The molecule has 1 aromatic rings. The van der Waals surface area contributed by atoms with Gasteiger partial charge in [0.05, 0.1) is 4.92 Å². The Morgan fingerprint density at radius 3 is 3.00 bits per heavy atom. The number of nitrogens with two attached hydrogens (primary N) is 1. The standard InChI is InChI=1S/C12H18N4O2/c1-15-7-3-4-9(15)8-14-11-6-2-5-10(13)12(11)16(17)18/h2,5-6,9,14H,3-4,7-8,13H2,1H3. The van der Waals surface area contributed by atoms with E-state index in [1.807, 2.05) is 0 Å². The van der Waals surface area contributed by atoms with Gasteiger partial charge in [-0.15, -0.1) is 0 Å². The summed E-state index contributed by atoms with van der Waals surface area (Å²) in [5.41, 5.74) is 6.31. The lowest BCUT2D eigenvalue weighted by molar-refractivity contribution is -0.383. The first kappa shape index (κ1) is 12.6. The van der Waals surface area contributed by atoms with Gasteiger partial charge in [0, 0.05) is 12.6 Å². The summed E-state index contributed by atoms with van der Waals surface area (Å²) in [6.07, 6.45) is 2.31. The lowest BCUT2D eigenvalue weighted by atomic mass is 10.2. The lowest BCUT2D eigenvalue weighted by Crippen LogP contribution is -2.31. The van der Waals surface area contributed by atoms with Crippen molar-refractivity contribution in [3.63, 3.8) is 0 Å². The van der Waals surface area contributed by atoms with Crippen LogP contribution < -0.4 is 11.1 Å². The van der Waals surface area contributed by atoms with Crippen LogP contribution in [0.25, 0.3) is 0 Å². The zero-order chi connectivity index (χ0) is 13.1. The molecule has 0 bridgehead atoms. The van der Waals surface area contributed by atoms with Gasteiger partial charge in [0.25, 0.3) is 0 Å². The zero-order valence-electron chi connectivity index (χ0n) is 10.4. The number of nitro groups is 1. The first-order chi connectivity index (χ1) is 8.59. The molecule has 0 saturated carbocycles. The Balaban J connectivity index is 2.09. The number of rotatable bonds is 4. The van der Waals surface area contributed by atoms with E-state index < -0.39 is 4.92 Å². The highest BCUT2D eigenvalue weighted by molar-refractivity contribution is 5.74. The molecule has 1 aliphatic rings. The van der Waals surface area contributed by atoms with E-state index in [1.165, 1.54) is 6.42 Å². The van der Waals surface area contributed by atoms with Crippen LogP contribution in [0.2, 0.25) is 0 Å². The van der Waals surface area contributed by atoms with Gasteiger partial charge >= 0.3 is 5.69 Å². The molecule has 0 radical (unpaired) electrons. The van der Waals surface area contributed by atoms with E-state index in [9.17, 15) is 10.1 Å². The molecule has 6 nitrogen and oxygen atoms in total. The number of nitrogen functional groups attached to an aromatic ring is 1. The van der Waals surface area contributed by atoms with E-state index in [0.29, 0.717) is 18.3 Å². The maximum atomic E-state index is 11.0. The molecule has 3 N–H and O–H groups in total. The highest BCUT2D eigenvalue weighted by Gasteiger charge is 2.22. The van der Waals surface area contributed by atoms with E-state index in [4.69, 9.17) is 5.73 Å². The summed E-state index contributed by atoms with van der Waals surface area (Å²) in [4.78, 5) is 12.8. The van der Waals surface area contributed by atoms with Crippen molar-refractivity contribution in [1.82, 2.24) is 4.90 Å². The van der Waals surface area contributed by atoms with Crippen LogP contribution in [0, 0.1) is 10.1 Å². The topological polar surface area (TPSA) is 84.4 Å². The Kier molecular flexibility index (Phi) is 3.66. The van der Waals surface area contributed by atoms with Gasteiger partial charge in [-0.25, -0.2) is 0 Å². The van der Waals surface area contributed by atoms with Gasteiger partial charge in [-0.3, -0.25) is 10.1 Å². The second-order valence-electron chi connectivity index (χ2n) is 4.66. The van der Waals surface area contributed by atoms with E-state index in [2.05, 4.69) is 17.3 Å². The quantitative estimate of drug-likeness (QED) is 0.482. The van der Waals surface area contributed by atoms with Crippen LogP contribution in [0.3, 0.4) is 0 Å². The van der Waals surface area contributed by atoms with Crippen molar-refractivity contribution in [3.8, 4) is 0 Å². The van der Waals surface area contributed by atoms with Gasteiger partial charge in [-0.2, -0.15) is 0 Å². The molecule has 1 heterocycles. The molecule has 98 valence electrons. The fraction of sp³-hybridized carbons (Fsp3) is 0.500. The molecule has 0 aliphatic carbocycles. The fourth-order valence-electron chi connectivity index (χ4n) is 2.37. The molecule has 1 aromatic carbocycles. The molecule has 6 heteroatoms. The third kappa shape index (κ3) is 2.53. The molecule has 2 rings (SSSR count). The van der Waals surface area contributed by atoms with Gasteiger partial charge in [0.2, 0.25) is 0 Å². The predicted molar refractivity (Wildman–Crippen MR) is 71.7 cm³/mol. The van der Waals surface area contributed by atoms with Crippen LogP contribution in [0.4, 0.5) is 17.1 Å². The normalized spacial score (nSPS) is 19.9. The van der Waals surface area contributed by atoms with Crippen LogP contribution in [0.1, 0.15) is 12.8 Å². The van der Waals surface area contributed by atoms with Crippen LogP contribution in [0.5, 0.6) is 0 Å². The third-order valence-corrected chi connectivity index (χ3v) is 3.45. The van der Waals surface area contributed by atoms with Crippen molar-refractivity contribution in [2.45, 2.75) is 18.9 Å². The summed E-state index contributed by atoms with van der Waals surface area (Å²) in [6, 6.07) is 5.41. The largest absolute Gasteiger partial charge is 0.393 e. The van der Waals surface area contributed by atoms with Crippen molar-refractivity contribution < 1.29 is 4.92 Å². The van der Waals surface area contributed by atoms with E-state index >= 15 is 0 Å². The number of nitrogens with zero attached hydrogens (tertiary/aromatic N) is 2. The van der Waals surface area contributed by atoms with E-state index in [1.54, 1.807) is 18.2 Å². The maximum Gasteiger partial charge on any atom is 0.314 e. The van der Waals surface area contributed by atoms with Crippen molar-refractivity contribution in [1.29, 1.82) is 0 Å². The van der Waals surface area contributed by atoms with Gasteiger partial charge in [0.1, 0.15) is 11.4 Å². The minimum Gasteiger partial charge on any atom is -0.393 e. The smallest absolute Gasteiger partial charge is 0.314 e. The SMILES string of the molecule is CN1CCCC1CNc1cccc(N)c1[N+](=O)[O-]. The van der Waals surface area contributed by atoms with Crippen LogP contribution in [-0.4, -0.2) is 36.0 Å². The Morgan fingerprint density at radius 2 is 2.39 bits per heavy atom. The zero-order valence-corrected chi connectivity index (χ0v) is 10.4. The van der Waals surface area contributed by atoms with Crippen molar-refractivity contribution in [3.05, 3.63) is 28.3 Å². The lowest BCUT2D eigenvalue weighted by Gasteiger charge is -2.20. The number of nitro benzene ring substituents is 1. The minimum atomic E-state index is -0.434. The number of hydrogen-bond donors (Lipinski definition) is 2. The molecule has 1 saturated heterocycles. The summed E-state index contributed by atoms with van der Waals surface area (Å²) in [5, 5.41) is 14.1. The summed E-state index contributed by atoms with van der Waals surface area (Å²) in [7, 11) is 2.08. The molecular weight excluding hydrogens is 232 g/mol. The van der Waals surface area contributed by atoms with Crippen molar-refractivity contribution in [2.24, 2.45) is 0 Å². The number of para-hydroxylation sites is 1. The van der Waals surface area contributed by atoms with Gasteiger partial charge in [0.15, 0.2) is 0 Å². The fourth-order valence-corrected chi connectivity index (χ4v) is 2.37. The monoisotopic (exact) mass is 250 g/mol. The van der Waals surface area contributed by atoms with Gasteiger partial charge in [-0.05, 0) is 38.6 Å². The molecule has 18 heavy (non-hydrogen) atoms. The van der Waals surface area contributed by atoms with Crippen LogP contribution >= 0.6 is 0 Å². The van der Waals surface area contributed by atoms with Crippen LogP contribution in [-0.2, 0) is 0 Å². The third-order valence-electron chi connectivity index (χ3n) is 3.45. The number of hydrogen-bond acceptors (Lipinski definition) is 5. The van der Waals surface area contributed by atoms with Gasteiger partial charge < -0.3 is 16.0 Å². The van der Waals surface area contributed by atoms with Crippen LogP contribution in [0.15, 0.2) is 18.2 Å². The van der Waals surface area contributed by atoms with Gasteiger partial charge in [-0.1, -0.05) is 6.07 Å². The molecule has 1 aliphatic heterocycles. The molecule has 0 aromatic heterocycles. The first-order valence-electron chi connectivity index (χ1n) is 6.06. The van der Waals surface area contributed by atoms with E-state index in [0.717, 1.165) is 13.0 Å². The number of anilines is 2. The Hall–Kier alpha value is -1.82. The average Bonchev–Trinajstić information content (AvgIpc) is 2.71. The minimum absolute atomic E-state index is 0.0295. The number of benzene rings is 1. The Labute approximate surface area is 106 Å². The van der Waals surface area contributed by atoms with Crippen molar-refractivity contribution in [2.75, 3.05) is 31.2 Å². The summed E-state index contributed by atoms with van der Waals surface area (Å²) >= 11 is 0. The number of likely N-dealkylation sites (tertiary alicyclic amines) is 1. The summed E-state index contributed by atoms with van der Waals surface area (Å²) in [5.74, 6) is 0. The average molecular weight is 250 g/mol. The first-order valence-corrected chi connectivity index (χ1v) is 6.06. The summed E-state index contributed by atoms with van der Waals surface area (Å²) < 4.78 is 0. The molecule has 0 spiro atoms. The molecule has 0 amide bonds. The Morgan fingerprint density at radius 1 is 1.61 bits per heavy atom. The molecule has 1 fully saturated rings. The second-order valence-corrected chi connectivity index (χ2v) is 4.66. The molecule has 1 unspecified atom stereocenters. The predicted octanol–water partition coefficient (Wildman–Crippen LogP) is 1.68. The number of likely N-dealkylation sites (N-methyl/N-ethyl adjacent to an activating group) is 1. The number of nitrogens with one attached hydrogen (secondary N) is 1. The highest BCUT2D eigenvalue weighted by atomic mass is 16.6. The molecule has 1 atom stereocenters. The second kappa shape index (κ2) is 5.22. The summed E-state index contributed by atoms with van der Waals surface area (Å²) in [6.45, 7) is 1.80. The Bertz CT molecular complexity index is 450. The maximum absolute atomic E-state index is 11.0. The molecular formula is C12H18N4O2. The van der Waals surface area contributed by atoms with E-state index in [-0.39, 0.29) is 11.4 Å².